The quantitative estimate of drug-likeness (QED) is 0.619. The van der Waals surface area contributed by atoms with E-state index >= 15 is 0 Å². The minimum atomic E-state index is -3.38. The van der Waals surface area contributed by atoms with E-state index in [1.54, 1.807) is 0 Å². The molecule has 0 heterocycles. The van der Waals surface area contributed by atoms with Crippen molar-refractivity contribution in [2.24, 2.45) is 0 Å². The van der Waals surface area contributed by atoms with Crippen molar-refractivity contribution in [3.63, 3.8) is 0 Å². The molecule has 0 unspecified atom stereocenters. The largest absolute Gasteiger partial charge is 0.753 e. The SMILES string of the molecule is CO[Si](OC)(OC)OC(=O)O. The van der Waals surface area contributed by atoms with E-state index in [1.165, 1.54) is 21.3 Å². The van der Waals surface area contributed by atoms with Gasteiger partial charge in [0.05, 0.1) is 0 Å². The van der Waals surface area contributed by atoms with Gasteiger partial charge in [0.1, 0.15) is 0 Å². The molecule has 0 aromatic rings. The summed E-state index contributed by atoms with van der Waals surface area (Å²) in [5.41, 5.74) is 0. The molecule has 0 fully saturated rings. The number of carboxylic acid groups (broad SMARTS) is 1. The molecule has 0 aromatic heterocycles. The van der Waals surface area contributed by atoms with Crippen molar-refractivity contribution in [3.05, 3.63) is 0 Å². The highest BCUT2D eigenvalue weighted by atomic mass is 28.4. The summed E-state index contributed by atoms with van der Waals surface area (Å²) in [6.07, 6.45) is -1.48. The first-order valence-corrected chi connectivity index (χ1v) is 4.31. The maximum atomic E-state index is 10.1. The Bertz CT molecular complexity index is 124. The summed E-state index contributed by atoms with van der Waals surface area (Å²) in [5.74, 6) is 0. The molecule has 0 saturated carbocycles. The predicted molar refractivity (Wildman–Crippen MR) is 35.9 cm³/mol. The van der Waals surface area contributed by atoms with E-state index in [-0.39, 0.29) is 0 Å². The van der Waals surface area contributed by atoms with Gasteiger partial charge < -0.3 is 22.8 Å². The standard InChI is InChI=1S/C4H10O6Si/c1-7-11(8-2,9-3)10-4(5)6/h1-3H3,(H,5,6). The first-order chi connectivity index (χ1) is 5.10. The summed E-state index contributed by atoms with van der Waals surface area (Å²) in [6.45, 7) is 0. The van der Waals surface area contributed by atoms with Gasteiger partial charge in [-0.2, -0.15) is 0 Å². The second-order valence-corrected chi connectivity index (χ2v) is 3.91. The fourth-order valence-corrected chi connectivity index (χ4v) is 1.45. The molecular formula is C4H10O6Si. The molecule has 0 aliphatic heterocycles. The van der Waals surface area contributed by atoms with Crippen LogP contribution in [0.15, 0.2) is 0 Å². The monoisotopic (exact) mass is 182 g/mol. The smallest absolute Gasteiger partial charge is 0.451 e. The van der Waals surface area contributed by atoms with Crippen LogP contribution < -0.4 is 0 Å². The summed E-state index contributed by atoms with van der Waals surface area (Å²) >= 11 is 0. The second kappa shape index (κ2) is 4.29. The van der Waals surface area contributed by atoms with Gasteiger partial charge in [-0.1, -0.05) is 0 Å². The van der Waals surface area contributed by atoms with E-state index in [2.05, 4.69) is 17.7 Å². The predicted octanol–water partition coefficient (Wildman–Crippen LogP) is 0.0558. The average molecular weight is 182 g/mol. The fraction of sp³-hybridized carbons (Fsp3) is 0.750. The molecule has 0 atom stereocenters. The van der Waals surface area contributed by atoms with E-state index in [0.717, 1.165) is 0 Å². The lowest BCUT2D eigenvalue weighted by atomic mass is 11.5. The Kier molecular flexibility index (Phi) is 4.04. The lowest BCUT2D eigenvalue weighted by Crippen LogP contribution is -2.47. The Morgan fingerprint density at radius 1 is 1.18 bits per heavy atom. The Labute approximate surface area is 65.1 Å². The molecule has 11 heavy (non-hydrogen) atoms. The molecule has 0 rings (SSSR count). The molecule has 1 N–H and O–H groups in total. The van der Waals surface area contributed by atoms with Crippen molar-refractivity contribution in [3.8, 4) is 0 Å². The van der Waals surface area contributed by atoms with Crippen LogP contribution in [0.1, 0.15) is 0 Å². The normalized spacial score (nSPS) is 11.2. The van der Waals surface area contributed by atoms with Crippen molar-refractivity contribution in [2.75, 3.05) is 21.3 Å². The third-order valence-electron chi connectivity index (χ3n) is 0.962. The number of rotatable bonds is 4. The van der Waals surface area contributed by atoms with Gasteiger partial charge in [-0.15, -0.1) is 0 Å². The molecule has 7 heteroatoms. The van der Waals surface area contributed by atoms with E-state index in [1.807, 2.05) is 0 Å². The maximum absolute atomic E-state index is 10.1. The Balaban J connectivity index is 4.16. The van der Waals surface area contributed by atoms with Gasteiger partial charge in [0.25, 0.3) is 0 Å². The maximum Gasteiger partial charge on any atom is 0.753 e. The fourth-order valence-electron chi connectivity index (χ4n) is 0.482. The van der Waals surface area contributed by atoms with Gasteiger partial charge in [-0.3, -0.25) is 0 Å². The molecular weight excluding hydrogens is 172 g/mol. The van der Waals surface area contributed by atoms with Crippen LogP contribution in [-0.2, 0) is 17.7 Å². The Morgan fingerprint density at radius 3 is 1.64 bits per heavy atom. The van der Waals surface area contributed by atoms with Crippen molar-refractivity contribution in [2.45, 2.75) is 0 Å². The topological polar surface area (TPSA) is 74.2 Å². The van der Waals surface area contributed by atoms with Crippen LogP contribution in [0.25, 0.3) is 0 Å². The molecule has 0 aliphatic rings. The van der Waals surface area contributed by atoms with E-state index < -0.39 is 15.2 Å². The molecule has 0 bridgehead atoms. The molecule has 0 aromatic carbocycles. The number of hydrogen-bond donors (Lipinski definition) is 1. The van der Waals surface area contributed by atoms with Gasteiger partial charge >= 0.3 is 15.2 Å². The second-order valence-electron chi connectivity index (χ2n) is 1.48. The van der Waals surface area contributed by atoms with Gasteiger partial charge in [0.15, 0.2) is 0 Å². The number of carbonyl (C=O) groups is 1. The molecule has 0 amide bonds. The van der Waals surface area contributed by atoms with Gasteiger partial charge in [-0.25, -0.2) is 4.79 Å². The van der Waals surface area contributed by atoms with E-state index in [9.17, 15) is 4.79 Å². The summed E-state index contributed by atoms with van der Waals surface area (Å²) < 4.78 is 18.2. The third kappa shape index (κ3) is 2.85. The van der Waals surface area contributed by atoms with Crippen molar-refractivity contribution in [1.29, 1.82) is 0 Å². The van der Waals surface area contributed by atoms with Crippen LogP contribution >= 0.6 is 0 Å². The zero-order valence-corrected chi connectivity index (χ0v) is 7.49. The van der Waals surface area contributed by atoms with Crippen LogP contribution in [0.5, 0.6) is 0 Å². The molecule has 0 saturated heterocycles. The lowest BCUT2D eigenvalue weighted by Gasteiger charge is -2.19. The van der Waals surface area contributed by atoms with E-state index in [0.29, 0.717) is 0 Å². The third-order valence-corrected chi connectivity index (χ3v) is 2.89. The zero-order valence-electron chi connectivity index (χ0n) is 6.49. The first kappa shape index (κ1) is 10.4. The van der Waals surface area contributed by atoms with Crippen molar-refractivity contribution < 1.29 is 27.6 Å². The molecule has 6 nitrogen and oxygen atoms in total. The van der Waals surface area contributed by atoms with Crippen LogP contribution in [-0.4, -0.2) is 41.6 Å². The molecule has 0 radical (unpaired) electrons. The van der Waals surface area contributed by atoms with Crippen molar-refractivity contribution >= 4 is 15.2 Å². The minimum absolute atomic E-state index is 1.25. The van der Waals surface area contributed by atoms with Gasteiger partial charge in [-0.05, 0) is 0 Å². The summed E-state index contributed by atoms with van der Waals surface area (Å²) in [6, 6.07) is 0. The van der Waals surface area contributed by atoms with Gasteiger partial charge in [0.2, 0.25) is 0 Å². The minimum Gasteiger partial charge on any atom is -0.451 e. The van der Waals surface area contributed by atoms with Crippen molar-refractivity contribution in [1.82, 2.24) is 0 Å². The van der Waals surface area contributed by atoms with Crippen LogP contribution in [0.2, 0.25) is 0 Å². The highest BCUT2D eigenvalue weighted by Crippen LogP contribution is 2.07. The lowest BCUT2D eigenvalue weighted by molar-refractivity contribution is 0.0140. The van der Waals surface area contributed by atoms with Gasteiger partial charge in [0, 0.05) is 21.3 Å². The zero-order chi connectivity index (χ0) is 8.91. The van der Waals surface area contributed by atoms with E-state index in [4.69, 9.17) is 5.11 Å². The first-order valence-electron chi connectivity index (χ1n) is 2.67. The van der Waals surface area contributed by atoms with Crippen LogP contribution in [0.3, 0.4) is 0 Å². The Hall–Kier alpha value is -0.633. The molecule has 0 spiro atoms. The highest BCUT2D eigenvalue weighted by molar-refractivity contribution is 6.55. The summed E-state index contributed by atoms with van der Waals surface area (Å²) in [7, 11) is 0.376. The average Bonchev–Trinajstić information content (AvgIpc) is 2.00. The summed E-state index contributed by atoms with van der Waals surface area (Å²) in [4.78, 5) is 10.1. The highest BCUT2D eigenvalue weighted by Gasteiger charge is 2.47. The summed E-state index contributed by atoms with van der Waals surface area (Å²) in [5, 5.41) is 8.21. The Morgan fingerprint density at radius 2 is 1.55 bits per heavy atom. The van der Waals surface area contributed by atoms with Crippen LogP contribution in [0, 0.1) is 0 Å². The van der Waals surface area contributed by atoms with Crippen LogP contribution in [0.4, 0.5) is 4.79 Å². The number of hydrogen-bond acceptors (Lipinski definition) is 5. The molecule has 66 valence electrons. The molecule has 0 aliphatic carbocycles.